The second-order valence-corrected chi connectivity index (χ2v) is 9.45. The van der Waals surface area contributed by atoms with Gasteiger partial charge < -0.3 is 0 Å². The fourth-order valence-corrected chi connectivity index (χ4v) is 6.05. The molecule has 0 saturated carbocycles. The Bertz CT molecular complexity index is 915. The van der Waals surface area contributed by atoms with E-state index in [4.69, 9.17) is 0 Å². The quantitative estimate of drug-likeness (QED) is 0.407. The SMILES string of the molecule is Cc1cccc([C@@H]2[C@@H](Br)CCCN2S(=O)(=O)c2ccc([N+](=O)[O-])cc2)c1. The number of rotatable bonds is 4. The Kier molecular flexibility index (Phi) is 5.45. The number of non-ortho nitro benzene ring substituents is 1. The van der Waals surface area contributed by atoms with Gasteiger partial charge in [0.05, 0.1) is 15.9 Å². The lowest BCUT2D eigenvalue weighted by atomic mass is 9.96. The van der Waals surface area contributed by atoms with Crippen molar-refractivity contribution in [2.24, 2.45) is 0 Å². The third-order valence-electron chi connectivity index (χ3n) is 4.55. The second-order valence-electron chi connectivity index (χ2n) is 6.38. The number of hydrogen-bond acceptors (Lipinski definition) is 4. The van der Waals surface area contributed by atoms with Crippen LogP contribution in [0.1, 0.15) is 30.0 Å². The summed E-state index contributed by atoms with van der Waals surface area (Å²) in [5, 5.41) is 10.8. The summed E-state index contributed by atoms with van der Waals surface area (Å²) in [5.41, 5.74) is 1.88. The predicted molar refractivity (Wildman–Crippen MR) is 103 cm³/mol. The molecule has 0 aromatic heterocycles. The number of piperidine rings is 1. The molecule has 0 bridgehead atoms. The first-order valence-electron chi connectivity index (χ1n) is 8.27. The van der Waals surface area contributed by atoms with Crippen molar-refractivity contribution in [3.8, 4) is 0 Å². The van der Waals surface area contributed by atoms with Crippen molar-refractivity contribution >= 4 is 31.6 Å². The summed E-state index contributed by atoms with van der Waals surface area (Å²) in [5.74, 6) is 0. The molecule has 6 nitrogen and oxygen atoms in total. The van der Waals surface area contributed by atoms with Crippen molar-refractivity contribution in [3.05, 3.63) is 69.8 Å². The number of halogens is 1. The van der Waals surface area contributed by atoms with Crippen molar-refractivity contribution in [2.75, 3.05) is 6.54 Å². The number of nitrogens with zero attached hydrogens (tertiary/aromatic N) is 2. The molecule has 2 aromatic rings. The van der Waals surface area contributed by atoms with Gasteiger partial charge in [-0.15, -0.1) is 0 Å². The van der Waals surface area contributed by atoms with Crippen molar-refractivity contribution in [1.29, 1.82) is 0 Å². The Morgan fingerprint density at radius 2 is 1.88 bits per heavy atom. The van der Waals surface area contributed by atoms with Crippen LogP contribution in [-0.2, 0) is 10.0 Å². The van der Waals surface area contributed by atoms with E-state index in [0.29, 0.717) is 6.54 Å². The van der Waals surface area contributed by atoms with Crippen LogP contribution in [0.15, 0.2) is 53.4 Å². The minimum Gasteiger partial charge on any atom is -0.258 e. The number of sulfonamides is 1. The molecular weight excluding hydrogens is 420 g/mol. The molecule has 1 aliphatic rings. The average molecular weight is 439 g/mol. The summed E-state index contributed by atoms with van der Waals surface area (Å²) in [4.78, 5) is 10.4. The minimum atomic E-state index is -3.77. The van der Waals surface area contributed by atoms with Gasteiger partial charge >= 0.3 is 0 Å². The highest BCUT2D eigenvalue weighted by atomic mass is 79.9. The maximum absolute atomic E-state index is 13.2. The van der Waals surface area contributed by atoms with Crippen LogP contribution in [0.3, 0.4) is 0 Å². The van der Waals surface area contributed by atoms with Crippen LogP contribution in [0, 0.1) is 17.0 Å². The summed E-state index contributed by atoms with van der Waals surface area (Å²) in [6.45, 7) is 2.39. The third kappa shape index (κ3) is 3.67. The summed E-state index contributed by atoms with van der Waals surface area (Å²) in [7, 11) is -3.77. The standard InChI is InChI=1S/C18H19BrN2O4S/c1-13-4-2-5-14(12-13)18-17(19)6-3-11-20(18)26(24,25)16-9-7-15(8-10-16)21(22)23/h2,4-5,7-10,12,17-18H,3,6,11H2,1H3/t17-,18+/m0/s1. The number of benzene rings is 2. The number of alkyl halides is 1. The first kappa shape index (κ1) is 19.0. The fourth-order valence-electron chi connectivity index (χ4n) is 3.29. The van der Waals surface area contributed by atoms with Gasteiger partial charge in [-0.25, -0.2) is 8.42 Å². The minimum absolute atomic E-state index is 0.00544. The Morgan fingerprint density at radius 3 is 2.50 bits per heavy atom. The lowest BCUT2D eigenvalue weighted by Crippen LogP contribution is -2.43. The Hall–Kier alpha value is -1.77. The zero-order valence-corrected chi connectivity index (χ0v) is 16.6. The molecule has 1 aliphatic heterocycles. The van der Waals surface area contributed by atoms with Crippen molar-refractivity contribution in [2.45, 2.75) is 35.5 Å². The third-order valence-corrected chi connectivity index (χ3v) is 7.40. The van der Waals surface area contributed by atoms with E-state index in [1.807, 2.05) is 31.2 Å². The lowest BCUT2D eigenvalue weighted by molar-refractivity contribution is -0.384. The summed E-state index contributed by atoms with van der Waals surface area (Å²) in [6.07, 6.45) is 1.63. The maximum atomic E-state index is 13.2. The molecule has 138 valence electrons. The van der Waals surface area contributed by atoms with Crippen molar-refractivity contribution in [1.82, 2.24) is 4.31 Å². The van der Waals surface area contributed by atoms with E-state index in [-0.39, 0.29) is 21.5 Å². The van der Waals surface area contributed by atoms with E-state index >= 15 is 0 Å². The van der Waals surface area contributed by atoms with Crippen LogP contribution < -0.4 is 0 Å². The average Bonchev–Trinajstić information content (AvgIpc) is 2.61. The molecule has 8 heteroatoms. The van der Waals surface area contributed by atoms with Gasteiger partial charge in [0.1, 0.15) is 0 Å². The lowest BCUT2D eigenvalue weighted by Gasteiger charge is -2.38. The molecule has 26 heavy (non-hydrogen) atoms. The van der Waals surface area contributed by atoms with Crippen LogP contribution in [0.25, 0.3) is 0 Å². The van der Waals surface area contributed by atoms with Crippen molar-refractivity contribution in [3.63, 3.8) is 0 Å². The van der Waals surface area contributed by atoms with E-state index < -0.39 is 14.9 Å². The van der Waals surface area contributed by atoms with Crippen LogP contribution in [-0.4, -0.2) is 29.0 Å². The second kappa shape index (κ2) is 7.46. The maximum Gasteiger partial charge on any atom is 0.269 e. The molecule has 0 aliphatic carbocycles. The van der Waals surface area contributed by atoms with Gasteiger partial charge in [-0.05, 0) is 37.5 Å². The highest BCUT2D eigenvalue weighted by molar-refractivity contribution is 9.09. The number of nitro benzene ring substituents is 1. The molecule has 2 aromatic carbocycles. The molecule has 2 atom stereocenters. The molecule has 1 saturated heterocycles. The smallest absolute Gasteiger partial charge is 0.258 e. The van der Waals surface area contributed by atoms with Gasteiger partial charge in [0, 0.05) is 23.5 Å². The van der Waals surface area contributed by atoms with Crippen LogP contribution in [0.4, 0.5) is 5.69 Å². The van der Waals surface area contributed by atoms with Crippen LogP contribution >= 0.6 is 15.9 Å². The normalized spacial score (nSPS) is 21.5. The highest BCUT2D eigenvalue weighted by Gasteiger charge is 2.39. The largest absolute Gasteiger partial charge is 0.269 e. The molecule has 1 heterocycles. The van der Waals surface area contributed by atoms with Gasteiger partial charge in [0.15, 0.2) is 0 Å². The van der Waals surface area contributed by atoms with Crippen LogP contribution in [0.5, 0.6) is 0 Å². The predicted octanol–water partition coefficient (Wildman–Crippen LogP) is 4.19. The first-order valence-corrected chi connectivity index (χ1v) is 10.6. The first-order chi connectivity index (χ1) is 12.3. The number of nitro groups is 1. The molecule has 1 fully saturated rings. The summed E-state index contributed by atoms with van der Waals surface area (Å²) >= 11 is 3.66. The van der Waals surface area contributed by atoms with Crippen LogP contribution in [0.2, 0.25) is 0 Å². The highest BCUT2D eigenvalue weighted by Crippen LogP contribution is 2.39. The molecule has 0 N–H and O–H groups in total. The van der Waals surface area contributed by atoms with Gasteiger partial charge in [-0.1, -0.05) is 45.8 Å². The zero-order valence-electron chi connectivity index (χ0n) is 14.2. The van der Waals surface area contributed by atoms with Gasteiger partial charge in [0.25, 0.3) is 5.69 Å². The van der Waals surface area contributed by atoms with Gasteiger partial charge in [0.2, 0.25) is 10.0 Å². The number of aryl methyl sites for hydroxylation is 1. The molecule has 0 spiro atoms. The monoisotopic (exact) mass is 438 g/mol. The summed E-state index contributed by atoms with van der Waals surface area (Å²) in [6, 6.07) is 12.6. The Morgan fingerprint density at radius 1 is 1.19 bits per heavy atom. The topological polar surface area (TPSA) is 80.5 Å². The number of hydrogen-bond donors (Lipinski definition) is 0. The molecule has 0 amide bonds. The zero-order chi connectivity index (χ0) is 18.9. The molecular formula is C18H19BrN2O4S. The van der Waals surface area contributed by atoms with E-state index in [1.54, 1.807) is 0 Å². The Labute approximate surface area is 161 Å². The van der Waals surface area contributed by atoms with E-state index in [0.717, 1.165) is 24.0 Å². The van der Waals surface area contributed by atoms with Crippen molar-refractivity contribution < 1.29 is 13.3 Å². The Balaban J connectivity index is 2.01. The van der Waals surface area contributed by atoms with E-state index in [9.17, 15) is 18.5 Å². The van der Waals surface area contributed by atoms with E-state index in [2.05, 4.69) is 15.9 Å². The molecule has 3 rings (SSSR count). The van der Waals surface area contributed by atoms with Gasteiger partial charge in [-0.2, -0.15) is 4.31 Å². The molecule has 0 radical (unpaired) electrons. The fraction of sp³-hybridized carbons (Fsp3) is 0.333. The van der Waals surface area contributed by atoms with Gasteiger partial charge in [-0.3, -0.25) is 10.1 Å². The summed E-state index contributed by atoms with van der Waals surface area (Å²) < 4.78 is 27.9. The van der Waals surface area contributed by atoms with E-state index in [1.165, 1.54) is 28.6 Å². The molecule has 0 unspecified atom stereocenters.